The molecule has 0 saturated carbocycles. The number of carbonyl (C=O) groups excluding carboxylic acids is 1. The average Bonchev–Trinajstić information content (AvgIpc) is 3.16. The lowest BCUT2D eigenvalue weighted by molar-refractivity contribution is -0.135. The molecule has 1 aliphatic heterocycles. The predicted octanol–water partition coefficient (Wildman–Crippen LogP) is 4.72. The lowest BCUT2D eigenvalue weighted by Gasteiger charge is -2.32. The van der Waals surface area contributed by atoms with Crippen molar-refractivity contribution in [2.45, 2.75) is 46.3 Å². The Morgan fingerprint density at radius 3 is 2.42 bits per heavy atom. The van der Waals surface area contributed by atoms with Gasteiger partial charge in [0.05, 0.1) is 12.6 Å². The van der Waals surface area contributed by atoms with Crippen LogP contribution in [-0.2, 0) is 17.9 Å². The van der Waals surface area contributed by atoms with Crippen molar-refractivity contribution in [3.8, 4) is 11.3 Å². The third-order valence-electron chi connectivity index (χ3n) is 6.07. The quantitative estimate of drug-likeness (QED) is 0.548. The summed E-state index contributed by atoms with van der Waals surface area (Å²) < 4.78 is 15.7. The van der Waals surface area contributed by atoms with E-state index >= 15 is 0 Å². The van der Waals surface area contributed by atoms with E-state index in [1.54, 1.807) is 12.1 Å². The van der Waals surface area contributed by atoms with Crippen LogP contribution in [0.2, 0.25) is 0 Å². The number of nitrogens with zero attached hydrogens (tertiary/aromatic N) is 3. The van der Waals surface area contributed by atoms with Gasteiger partial charge in [-0.2, -0.15) is 0 Å². The summed E-state index contributed by atoms with van der Waals surface area (Å²) in [7, 11) is 1.84. The Labute approximate surface area is 194 Å². The number of fused-ring (bicyclic) bond motifs is 1. The van der Waals surface area contributed by atoms with Crippen molar-refractivity contribution in [1.29, 1.82) is 0 Å². The molecule has 1 aliphatic rings. The highest BCUT2D eigenvalue weighted by Gasteiger charge is 2.30. The number of hydrogen-bond acceptors (Lipinski definition) is 4. The number of hydrogen-bond donors (Lipinski definition) is 2. The van der Waals surface area contributed by atoms with Crippen LogP contribution in [0.4, 0.5) is 15.9 Å². The topological polar surface area (TPSA) is 62.2 Å². The lowest BCUT2D eigenvalue weighted by atomic mass is 10.0. The Bertz CT molecular complexity index is 1100. The number of likely N-dealkylation sites (N-methyl/N-ethyl adjacent to an activating group) is 1. The first kappa shape index (κ1) is 23.0. The van der Waals surface area contributed by atoms with Gasteiger partial charge in [-0.15, -0.1) is 0 Å². The molecule has 1 aromatic heterocycles. The molecule has 6 nitrogen and oxygen atoms in total. The average molecular weight is 450 g/mol. The lowest BCUT2D eigenvalue weighted by Crippen LogP contribution is -2.48. The zero-order valence-electron chi connectivity index (χ0n) is 19.7. The van der Waals surface area contributed by atoms with Crippen LogP contribution in [0.5, 0.6) is 0 Å². The SMILES string of the molecule is CN[C@@H](CC(C)C)C(=O)N1CCn2c(nc(-c3ccc(F)cc3)c2Nc2ccc(C)cc2)C1. The molecule has 0 fully saturated rings. The first-order valence-corrected chi connectivity index (χ1v) is 11.5. The molecule has 0 radical (unpaired) electrons. The molecular formula is C26H32FN5O. The van der Waals surface area contributed by atoms with Crippen LogP contribution in [0.15, 0.2) is 48.5 Å². The molecule has 1 atom stereocenters. The van der Waals surface area contributed by atoms with Gasteiger partial charge in [-0.1, -0.05) is 31.5 Å². The summed E-state index contributed by atoms with van der Waals surface area (Å²) in [6.45, 7) is 8.00. The molecule has 33 heavy (non-hydrogen) atoms. The number of imidazole rings is 1. The summed E-state index contributed by atoms with van der Waals surface area (Å²) in [5, 5.41) is 6.69. The normalized spacial score (nSPS) is 14.3. The van der Waals surface area contributed by atoms with Gasteiger partial charge in [0.15, 0.2) is 0 Å². The van der Waals surface area contributed by atoms with E-state index < -0.39 is 0 Å². The van der Waals surface area contributed by atoms with Crippen LogP contribution < -0.4 is 10.6 Å². The van der Waals surface area contributed by atoms with Crippen molar-refractivity contribution in [1.82, 2.24) is 19.8 Å². The molecule has 0 unspecified atom stereocenters. The first-order valence-electron chi connectivity index (χ1n) is 11.5. The Balaban J connectivity index is 1.67. The summed E-state index contributed by atoms with van der Waals surface area (Å²) >= 11 is 0. The molecular weight excluding hydrogens is 417 g/mol. The smallest absolute Gasteiger partial charge is 0.240 e. The molecule has 4 rings (SSSR count). The van der Waals surface area contributed by atoms with E-state index in [0.29, 0.717) is 25.6 Å². The van der Waals surface area contributed by atoms with E-state index in [-0.39, 0.29) is 17.8 Å². The number of aromatic nitrogens is 2. The molecule has 2 aromatic carbocycles. The minimum Gasteiger partial charge on any atom is -0.340 e. The fourth-order valence-electron chi connectivity index (χ4n) is 4.26. The van der Waals surface area contributed by atoms with Gasteiger partial charge in [-0.05, 0) is 62.7 Å². The highest BCUT2D eigenvalue weighted by atomic mass is 19.1. The van der Waals surface area contributed by atoms with Gasteiger partial charge < -0.3 is 20.1 Å². The van der Waals surface area contributed by atoms with Crippen molar-refractivity contribution in [2.75, 3.05) is 18.9 Å². The summed E-state index contributed by atoms with van der Waals surface area (Å²) in [5.74, 6) is 1.93. The van der Waals surface area contributed by atoms with Crippen molar-refractivity contribution in [3.63, 3.8) is 0 Å². The zero-order chi connectivity index (χ0) is 23.5. The number of halogens is 1. The van der Waals surface area contributed by atoms with E-state index in [4.69, 9.17) is 4.98 Å². The molecule has 0 aliphatic carbocycles. The number of aryl methyl sites for hydroxylation is 1. The fraction of sp³-hybridized carbons (Fsp3) is 0.385. The van der Waals surface area contributed by atoms with E-state index in [0.717, 1.165) is 35.0 Å². The van der Waals surface area contributed by atoms with E-state index in [2.05, 4.69) is 48.1 Å². The van der Waals surface area contributed by atoms with Gasteiger partial charge in [0, 0.05) is 24.3 Å². The van der Waals surface area contributed by atoms with E-state index in [1.165, 1.54) is 17.7 Å². The van der Waals surface area contributed by atoms with Gasteiger partial charge in [0.1, 0.15) is 23.2 Å². The van der Waals surface area contributed by atoms with Crippen molar-refractivity contribution in [3.05, 3.63) is 65.7 Å². The van der Waals surface area contributed by atoms with Crippen LogP contribution >= 0.6 is 0 Å². The van der Waals surface area contributed by atoms with Crippen LogP contribution in [-0.4, -0.2) is 40.0 Å². The molecule has 1 amide bonds. The Hall–Kier alpha value is -3.19. The van der Waals surface area contributed by atoms with Crippen LogP contribution in [0.25, 0.3) is 11.3 Å². The van der Waals surface area contributed by atoms with Gasteiger partial charge in [0.25, 0.3) is 0 Å². The number of rotatable bonds is 7. The van der Waals surface area contributed by atoms with E-state index in [9.17, 15) is 9.18 Å². The number of amides is 1. The second kappa shape index (κ2) is 9.75. The maximum absolute atomic E-state index is 13.6. The Morgan fingerprint density at radius 2 is 1.79 bits per heavy atom. The predicted molar refractivity (Wildman–Crippen MR) is 130 cm³/mol. The molecule has 2 heterocycles. The monoisotopic (exact) mass is 449 g/mol. The minimum absolute atomic E-state index is 0.108. The number of carbonyl (C=O) groups is 1. The van der Waals surface area contributed by atoms with Crippen molar-refractivity contribution < 1.29 is 9.18 Å². The highest BCUT2D eigenvalue weighted by molar-refractivity contribution is 5.82. The molecule has 174 valence electrons. The molecule has 2 N–H and O–H groups in total. The highest BCUT2D eigenvalue weighted by Crippen LogP contribution is 2.33. The van der Waals surface area contributed by atoms with Crippen LogP contribution in [0.1, 0.15) is 31.7 Å². The summed E-state index contributed by atoms with van der Waals surface area (Å²) in [4.78, 5) is 20.0. The summed E-state index contributed by atoms with van der Waals surface area (Å²) in [5.41, 5.74) is 3.73. The maximum atomic E-state index is 13.6. The first-order chi connectivity index (χ1) is 15.9. The summed E-state index contributed by atoms with van der Waals surface area (Å²) in [6.07, 6.45) is 0.793. The molecule has 0 spiro atoms. The maximum Gasteiger partial charge on any atom is 0.240 e. The van der Waals surface area contributed by atoms with Crippen LogP contribution in [0, 0.1) is 18.7 Å². The minimum atomic E-state index is -0.282. The third kappa shape index (κ3) is 5.09. The second-order valence-electron chi connectivity index (χ2n) is 9.11. The number of anilines is 2. The zero-order valence-corrected chi connectivity index (χ0v) is 19.7. The molecule has 7 heteroatoms. The Kier molecular flexibility index (Phi) is 6.79. The molecule has 3 aromatic rings. The van der Waals surface area contributed by atoms with Gasteiger partial charge in [0.2, 0.25) is 5.91 Å². The van der Waals surface area contributed by atoms with Gasteiger partial charge in [-0.25, -0.2) is 9.37 Å². The molecule has 0 saturated heterocycles. The van der Waals surface area contributed by atoms with Crippen LogP contribution in [0.3, 0.4) is 0 Å². The second-order valence-corrected chi connectivity index (χ2v) is 9.11. The third-order valence-corrected chi connectivity index (χ3v) is 6.07. The van der Waals surface area contributed by atoms with Gasteiger partial charge >= 0.3 is 0 Å². The van der Waals surface area contributed by atoms with Crippen molar-refractivity contribution >= 4 is 17.4 Å². The Morgan fingerprint density at radius 1 is 1.09 bits per heavy atom. The standard InChI is InChI=1S/C26H32FN5O/c1-17(2)15-22(28-4)26(33)31-13-14-32-23(16-31)30-24(19-7-9-20(27)10-8-19)25(32)29-21-11-5-18(3)6-12-21/h5-12,17,22,28-29H,13-16H2,1-4H3/t22-/m0/s1. The largest absolute Gasteiger partial charge is 0.340 e. The van der Waals surface area contributed by atoms with Gasteiger partial charge in [-0.3, -0.25) is 4.79 Å². The number of nitrogens with one attached hydrogen (secondary N) is 2. The summed E-state index contributed by atoms with van der Waals surface area (Å²) in [6, 6.07) is 14.4. The molecule has 0 bridgehead atoms. The fourth-order valence-corrected chi connectivity index (χ4v) is 4.26. The van der Waals surface area contributed by atoms with Crippen molar-refractivity contribution in [2.24, 2.45) is 5.92 Å². The number of benzene rings is 2. The van der Waals surface area contributed by atoms with E-state index in [1.807, 2.05) is 24.1 Å².